The topological polar surface area (TPSA) is 93.9 Å². The van der Waals surface area contributed by atoms with Gasteiger partial charge >= 0.3 is 0 Å². The monoisotopic (exact) mass is 425 g/mol. The van der Waals surface area contributed by atoms with E-state index in [-0.39, 0.29) is 5.41 Å². The van der Waals surface area contributed by atoms with Crippen molar-refractivity contribution < 1.29 is 4.74 Å². The minimum atomic E-state index is -0.0816. The summed E-state index contributed by atoms with van der Waals surface area (Å²) >= 11 is 0. The number of hydrogen-bond donors (Lipinski definition) is 1. The molecule has 3 aromatic heterocycles. The van der Waals surface area contributed by atoms with Gasteiger partial charge in [0.15, 0.2) is 5.82 Å². The van der Waals surface area contributed by atoms with E-state index >= 15 is 0 Å². The fraction of sp³-hybridized carbons (Fsp3) is 0.208. The molecule has 0 aliphatic heterocycles. The van der Waals surface area contributed by atoms with Crippen LogP contribution in [0.1, 0.15) is 29.8 Å². The van der Waals surface area contributed by atoms with Gasteiger partial charge in [0.1, 0.15) is 5.75 Å². The van der Waals surface area contributed by atoms with Gasteiger partial charge in [-0.1, -0.05) is 42.0 Å². The van der Waals surface area contributed by atoms with Crippen LogP contribution < -0.4 is 4.74 Å². The Bertz CT molecular complexity index is 1310. The highest BCUT2D eigenvalue weighted by atomic mass is 16.5. The van der Waals surface area contributed by atoms with E-state index in [0.717, 1.165) is 30.0 Å². The van der Waals surface area contributed by atoms with Gasteiger partial charge in [0, 0.05) is 11.8 Å². The van der Waals surface area contributed by atoms with Crippen molar-refractivity contribution >= 4 is 5.78 Å². The van der Waals surface area contributed by atoms with Crippen LogP contribution in [-0.4, -0.2) is 42.1 Å². The predicted octanol–water partition coefficient (Wildman–Crippen LogP) is 3.99. The Hall–Kier alpha value is -4.07. The summed E-state index contributed by atoms with van der Waals surface area (Å²) in [7, 11) is 1.67. The Morgan fingerprint density at radius 2 is 1.72 bits per heavy atom. The highest BCUT2D eigenvalue weighted by molar-refractivity contribution is 5.61. The Morgan fingerprint density at radius 1 is 0.938 bits per heavy atom. The van der Waals surface area contributed by atoms with E-state index in [0.29, 0.717) is 5.78 Å². The first kappa shape index (κ1) is 19.9. The molecule has 0 radical (unpaired) electrons. The second-order valence-electron chi connectivity index (χ2n) is 7.84. The van der Waals surface area contributed by atoms with Gasteiger partial charge in [-0.15, -0.1) is 10.2 Å². The molecule has 3 heterocycles. The molecule has 0 bridgehead atoms. The Labute approximate surface area is 185 Å². The van der Waals surface area contributed by atoms with Gasteiger partial charge in [0.25, 0.3) is 5.78 Å². The van der Waals surface area contributed by atoms with Crippen molar-refractivity contribution in [3.8, 4) is 16.9 Å². The van der Waals surface area contributed by atoms with E-state index in [1.54, 1.807) is 24.0 Å². The maximum atomic E-state index is 5.21. The maximum Gasteiger partial charge on any atom is 0.271 e. The average molecular weight is 425 g/mol. The van der Waals surface area contributed by atoms with Crippen LogP contribution in [0.15, 0.2) is 73.3 Å². The van der Waals surface area contributed by atoms with Crippen molar-refractivity contribution in [3.63, 3.8) is 0 Å². The standard InChI is InChI=1S/C14H13N5O.C10H10N2/c1-20-11-4-2-10(3-5-11)14(6-7-14)12-17-18-13-15-8-9-16-19(12)13;1-8-2-4-9(5-3-8)10-6-11-12-7-10/h2-5,8-9H,6-7H2,1H3;2-7H,1H3,(H,11,12). The number of fused-ring (bicyclic) bond motifs is 1. The first-order valence-corrected chi connectivity index (χ1v) is 10.4. The second kappa shape index (κ2) is 8.22. The van der Waals surface area contributed by atoms with Crippen LogP contribution in [-0.2, 0) is 5.41 Å². The van der Waals surface area contributed by atoms with Crippen molar-refractivity contribution in [1.29, 1.82) is 0 Å². The highest BCUT2D eigenvalue weighted by Gasteiger charge is 2.50. The lowest BCUT2D eigenvalue weighted by molar-refractivity contribution is 0.414. The second-order valence-corrected chi connectivity index (χ2v) is 7.84. The molecule has 6 rings (SSSR count). The summed E-state index contributed by atoms with van der Waals surface area (Å²) in [5, 5.41) is 19.4. The molecule has 1 fully saturated rings. The summed E-state index contributed by atoms with van der Waals surface area (Å²) in [4.78, 5) is 4.17. The van der Waals surface area contributed by atoms with Crippen LogP contribution in [0.2, 0.25) is 0 Å². The smallest absolute Gasteiger partial charge is 0.271 e. The van der Waals surface area contributed by atoms with Gasteiger partial charge in [0.2, 0.25) is 0 Å². The van der Waals surface area contributed by atoms with Crippen molar-refractivity contribution in [3.05, 3.63) is 90.3 Å². The number of nitrogens with zero attached hydrogens (tertiary/aromatic N) is 6. The van der Waals surface area contributed by atoms with Crippen LogP contribution in [0.5, 0.6) is 5.75 Å². The Kier molecular flexibility index (Phi) is 5.10. The molecule has 160 valence electrons. The number of aryl methyl sites for hydroxylation is 1. The molecule has 0 saturated heterocycles. The molecule has 1 N–H and O–H groups in total. The number of benzene rings is 2. The SMILES string of the molecule is COc1ccc(C2(c3nnc4nccnn34)CC2)cc1.Cc1ccc(-c2cn[nH]c2)cc1. The minimum absolute atomic E-state index is 0.0816. The molecule has 1 saturated carbocycles. The quantitative estimate of drug-likeness (QED) is 0.468. The molecule has 8 nitrogen and oxygen atoms in total. The molecule has 0 spiro atoms. The van der Waals surface area contributed by atoms with E-state index in [9.17, 15) is 0 Å². The predicted molar refractivity (Wildman–Crippen MR) is 120 cm³/mol. The number of ether oxygens (including phenoxy) is 1. The summed E-state index contributed by atoms with van der Waals surface area (Å²) in [6.07, 6.45) is 9.10. The molecule has 0 amide bonds. The first-order valence-electron chi connectivity index (χ1n) is 10.4. The van der Waals surface area contributed by atoms with Crippen molar-refractivity contribution in [2.45, 2.75) is 25.2 Å². The summed E-state index contributed by atoms with van der Waals surface area (Å²) in [5.41, 5.74) is 4.76. The summed E-state index contributed by atoms with van der Waals surface area (Å²) < 4.78 is 6.94. The first-order chi connectivity index (χ1) is 15.7. The van der Waals surface area contributed by atoms with Gasteiger partial charge in [-0.3, -0.25) is 5.10 Å². The third-order valence-corrected chi connectivity index (χ3v) is 5.77. The van der Waals surface area contributed by atoms with Crippen LogP contribution in [0.3, 0.4) is 0 Å². The highest BCUT2D eigenvalue weighted by Crippen LogP contribution is 2.52. The normalized spacial score (nSPS) is 13.9. The number of rotatable bonds is 4. The maximum absolute atomic E-state index is 5.21. The Balaban J connectivity index is 0.000000154. The summed E-state index contributed by atoms with van der Waals surface area (Å²) in [6.45, 7) is 2.08. The average Bonchev–Trinajstić information content (AvgIpc) is 3.25. The largest absolute Gasteiger partial charge is 0.497 e. The van der Waals surface area contributed by atoms with Crippen molar-refractivity contribution in [2.75, 3.05) is 7.11 Å². The molecule has 1 aliphatic rings. The van der Waals surface area contributed by atoms with E-state index < -0.39 is 0 Å². The molecular formula is C24H23N7O. The van der Waals surface area contributed by atoms with Gasteiger partial charge < -0.3 is 4.74 Å². The number of H-pyrrole nitrogens is 1. The molecular weight excluding hydrogens is 402 g/mol. The number of nitrogens with one attached hydrogen (secondary N) is 1. The third-order valence-electron chi connectivity index (χ3n) is 5.77. The number of methoxy groups -OCH3 is 1. The van der Waals surface area contributed by atoms with E-state index in [1.807, 2.05) is 24.5 Å². The summed E-state index contributed by atoms with van der Waals surface area (Å²) in [5.74, 6) is 2.27. The number of hydrogen-bond acceptors (Lipinski definition) is 6. The fourth-order valence-corrected chi connectivity index (χ4v) is 3.78. The van der Waals surface area contributed by atoms with E-state index in [2.05, 4.69) is 73.8 Å². The molecule has 0 unspecified atom stereocenters. The molecule has 32 heavy (non-hydrogen) atoms. The lowest BCUT2D eigenvalue weighted by Crippen LogP contribution is -2.14. The Morgan fingerprint density at radius 3 is 2.38 bits per heavy atom. The van der Waals surface area contributed by atoms with Gasteiger partial charge in [-0.05, 0) is 43.0 Å². The van der Waals surface area contributed by atoms with Crippen LogP contribution in [0, 0.1) is 6.92 Å². The number of aromatic nitrogens is 7. The van der Waals surface area contributed by atoms with Gasteiger partial charge in [-0.25, -0.2) is 4.98 Å². The van der Waals surface area contributed by atoms with E-state index in [4.69, 9.17) is 4.74 Å². The van der Waals surface area contributed by atoms with Gasteiger partial charge in [-0.2, -0.15) is 14.7 Å². The molecule has 8 heteroatoms. The zero-order chi connectivity index (χ0) is 22.0. The number of aromatic amines is 1. The molecule has 5 aromatic rings. The minimum Gasteiger partial charge on any atom is -0.497 e. The molecule has 1 aliphatic carbocycles. The lowest BCUT2D eigenvalue weighted by atomic mass is 9.95. The fourth-order valence-electron chi connectivity index (χ4n) is 3.78. The van der Waals surface area contributed by atoms with Crippen molar-refractivity contribution in [2.24, 2.45) is 0 Å². The van der Waals surface area contributed by atoms with Crippen molar-refractivity contribution in [1.82, 2.24) is 35.0 Å². The van der Waals surface area contributed by atoms with Crippen LogP contribution in [0.25, 0.3) is 16.9 Å². The molecule has 0 atom stereocenters. The van der Waals surface area contributed by atoms with Crippen LogP contribution >= 0.6 is 0 Å². The van der Waals surface area contributed by atoms with Gasteiger partial charge in [0.05, 0.1) is 31.1 Å². The zero-order valence-corrected chi connectivity index (χ0v) is 17.9. The lowest BCUT2D eigenvalue weighted by Gasteiger charge is -2.13. The molecule has 2 aromatic carbocycles. The van der Waals surface area contributed by atoms with E-state index in [1.165, 1.54) is 16.7 Å². The summed E-state index contributed by atoms with van der Waals surface area (Å²) in [6, 6.07) is 16.5. The zero-order valence-electron chi connectivity index (χ0n) is 17.9. The third kappa shape index (κ3) is 3.71. The van der Waals surface area contributed by atoms with Crippen LogP contribution in [0.4, 0.5) is 0 Å².